The van der Waals surface area contributed by atoms with Crippen LogP contribution >= 0.6 is 0 Å². The second-order valence-electron chi connectivity index (χ2n) is 4.07. The predicted molar refractivity (Wildman–Crippen MR) is 68.9 cm³/mol. The van der Waals surface area contributed by atoms with Gasteiger partial charge in [-0.2, -0.15) is 0 Å². The van der Waals surface area contributed by atoms with Gasteiger partial charge in [0.05, 0.1) is 0 Å². The van der Waals surface area contributed by atoms with E-state index < -0.39 is 0 Å². The van der Waals surface area contributed by atoms with Crippen LogP contribution in [0.5, 0.6) is 0 Å². The molecular formula is C12H20N4O. The van der Waals surface area contributed by atoms with Gasteiger partial charge in [0.25, 0.3) is 5.91 Å². The Kier molecular flexibility index (Phi) is 4.90. The van der Waals surface area contributed by atoms with E-state index in [1.807, 2.05) is 6.07 Å². The third kappa shape index (κ3) is 4.03. The summed E-state index contributed by atoms with van der Waals surface area (Å²) >= 11 is 0. The highest BCUT2D eigenvalue weighted by molar-refractivity contribution is 5.94. The SMILES string of the molecule is CCCc1cc(C(=O)NN(C)C)cc(NC)n1. The van der Waals surface area contributed by atoms with Crippen LogP contribution in [-0.2, 0) is 6.42 Å². The van der Waals surface area contributed by atoms with Gasteiger partial charge in [-0.3, -0.25) is 10.2 Å². The first-order chi connectivity index (χ1) is 8.06. The second-order valence-corrected chi connectivity index (χ2v) is 4.07. The van der Waals surface area contributed by atoms with Gasteiger partial charge in [0, 0.05) is 32.4 Å². The average molecular weight is 236 g/mol. The van der Waals surface area contributed by atoms with E-state index in [0.717, 1.165) is 24.4 Å². The van der Waals surface area contributed by atoms with Crippen molar-refractivity contribution >= 4 is 11.7 Å². The molecule has 1 aromatic rings. The topological polar surface area (TPSA) is 57.3 Å². The molecular weight excluding hydrogens is 216 g/mol. The lowest BCUT2D eigenvalue weighted by Gasteiger charge is -2.13. The van der Waals surface area contributed by atoms with Gasteiger partial charge in [-0.1, -0.05) is 13.3 Å². The van der Waals surface area contributed by atoms with E-state index in [-0.39, 0.29) is 5.91 Å². The van der Waals surface area contributed by atoms with Gasteiger partial charge >= 0.3 is 0 Å². The van der Waals surface area contributed by atoms with Crippen molar-refractivity contribution in [3.05, 3.63) is 23.4 Å². The van der Waals surface area contributed by atoms with Crippen LogP contribution in [0.4, 0.5) is 5.82 Å². The van der Waals surface area contributed by atoms with Gasteiger partial charge < -0.3 is 5.32 Å². The van der Waals surface area contributed by atoms with Crippen molar-refractivity contribution in [3.8, 4) is 0 Å². The number of hydrogen-bond donors (Lipinski definition) is 2. The maximum absolute atomic E-state index is 11.9. The molecule has 1 heterocycles. The quantitative estimate of drug-likeness (QED) is 0.756. The Hall–Kier alpha value is -1.62. The molecule has 0 radical (unpaired) electrons. The summed E-state index contributed by atoms with van der Waals surface area (Å²) in [5.74, 6) is 0.603. The van der Waals surface area contributed by atoms with Crippen molar-refractivity contribution in [1.29, 1.82) is 0 Å². The number of hydrazine groups is 1. The van der Waals surface area contributed by atoms with Crippen LogP contribution in [0.25, 0.3) is 0 Å². The Morgan fingerprint density at radius 2 is 2.12 bits per heavy atom. The molecule has 1 aromatic heterocycles. The summed E-state index contributed by atoms with van der Waals surface area (Å²) in [5, 5.41) is 4.60. The molecule has 0 bridgehead atoms. The number of rotatable bonds is 5. The molecule has 0 saturated carbocycles. The summed E-state index contributed by atoms with van der Waals surface area (Å²) in [6, 6.07) is 3.58. The number of aromatic nitrogens is 1. The first kappa shape index (κ1) is 13.4. The van der Waals surface area contributed by atoms with Gasteiger partial charge in [-0.15, -0.1) is 0 Å². The second kappa shape index (κ2) is 6.20. The normalized spacial score (nSPS) is 10.4. The van der Waals surface area contributed by atoms with Crippen molar-refractivity contribution in [2.75, 3.05) is 26.5 Å². The Morgan fingerprint density at radius 3 is 2.65 bits per heavy atom. The molecule has 0 fully saturated rings. The Bertz CT molecular complexity index is 390. The fourth-order valence-corrected chi connectivity index (χ4v) is 1.50. The molecule has 17 heavy (non-hydrogen) atoms. The molecule has 2 N–H and O–H groups in total. The number of carbonyl (C=O) groups excluding carboxylic acids is 1. The van der Waals surface area contributed by atoms with Gasteiger partial charge in [-0.05, 0) is 18.6 Å². The number of anilines is 1. The smallest absolute Gasteiger partial charge is 0.265 e. The zero-order valence-corrected chi connectivity index (χ0v) is 10.9. The Morgan fingerprint density at radius 1 is 1.41 bits per heavy atom. The van der Waals surface area contributed by atoms with E-state index in [1.165, 1.54) is 0 Å². The molecule has 0 unspecified atom stereocenters. The molecule has 0 saturated heterocycles. The highest BCUT2D eigenvalue weighted by Crippen LogP contribution is 2.11. The summed E-state index contributed by atoms with van der Waals surface area (Å²) < 4.78 is 0. The van der Waals surface area contributed by atoms with E-state index in [9.17, 15) is 4.79 Å². The summed E-state index contributed by atoms with van der Waals surface area (Å²) in [6.07, 6.45) is 1.88. The first-order valence-electron chi connectivity index (χ1n) is 5.73. The molecule has 0 aliphatic carbocycles. The van der Waals surface area contributed by atoms with Crippen LogP contribution in [0.1, 0.15) is 29.4 Å². The van der Waals surface area contributed by atoms with Gasteiger partial charge in [-0.25, -0.2) is 9.99 Å². The molecule has 0 aromatic carbocycles. The lowest BCUT2D eigenvalue weighted by atomic mass is 10.1. The number of aryl methyl sites for hydroxylation is 1. The molecule has 94 valence electrons. The zero-order valence-electron chi connectivity index (χ0n) is 10.9. The summed E-state index contributed by atoms with van der Waals surface area (Å²) in [6.45, 7) is 2.09. The largest absolute Gasteiger partial charge is 0.373 e. The number of hydrogen-bond acceptors (Lipinski definition) is 4. The Balaban J connectivity index is 2.97. The van der Waals surface area contributed by atoms with Crippen LogP contribution in [0.2, 0.25) is 0 Å². The Labute approximate surface area is 102 Å². The van der Waals surface area contributed by atoms with Crippen LogP contribution in [0.15, 0.2) is 12.1 Å². The zero-order chi connectivity index (χ0) is 12.8. The van der Waals surface area contributed by atoms with Crippen molar-refractivity contribution < 1.29 is 4.79 Å². The number of nitrogens with zero attached hydrogens (tertiary/aromatic N) is 2. The van der Waals surface area contributed by atoms with Crippen molar-refractivity contribution in [1.82, 2.24) is 15.4 Å². The van der Waals surface area contributed by atoms with Gasteiger partial charge in [0.1, 0.15) is 5.82 Å². The molecule has 0 aliphatic rings. The van der Waals surface area contributed by atoms with Crippen molar-refractivity contribution in [2.24, 2.45) is 0 Å². The third-order valence-electron chi connectivity index (χ3n) is 2.23. The van der Waals surface area contributed by atoms with E-state index >= 15 is 0 Å². The number of nitrogens with one attached hydrogen (secondary N) is 2. The maximum Gasteiger partial charge on any atom is 0.265 e. The molecule has 5 nitrogen and oxygen atoms in total. The van der Waals surface area contributed by atoms with E-state index in [2.05, 4.69) is 22.7 Å². The molecule has 1 amide bonds. The molecule has 1 rings (SSSR count). The van der Waals surface area contributed by atoms with Crippen LogP contribution < -0.4 is 10.7 Å². The standard InChI is InChI=1S/C12H20N4O/c1-5-6-10-7-9(8-11(13-2)14-10)12(17)15-16(3)4/h7-8H,5-6H2,1-4H3,(H,13,14)(H,15,17). The summed E-state index contributed by atoms with van der Waals surface area (Å²) in [4.78, 5) is 16.3. The number of carbonyl (C=O) groups is 1. The van der Waals surface area contributed by atoms with E-state index in [4.69, 9.17) is 0 Å². The van der Waals surface area contributed by atoms with Gasteiger partial charge in [0.15, 0.2) is 0 Å². The molecule has 5 heteroatoms. The van der Waals surface area contributed by atoms with Crippen LogP contribution in [-0.4, -0.2) is 37.0 Å². The average Bonchev–Trinajstić information content (AvgIpc) is 2.28. The van der Waals surface area contributed by atoms with Crippen molar-refractivity contribution in [3.63, 3.8) is 0 Å². The lowest BCUT2D eigenvalue weighted by molar-refractivity contribution is 0.0856. The minimum absolute atomic E-state index is 0.119. The summed E-state index contributed by atoms with van der Waals surface area (Å²) in [5.41, 5.74) is 4.28. The van der Waals surface area contributed by atoms with E-state index in [1.54, 1.807) is 32.2 Å². The fourth-order valence-electron chi connectivity index (χ4n) is 1.50. The van der Waals surface area contributed by atoms with Crippen LogP contribution in [0, 0.1) is 0 Å². The molecule has 0 atom stereocenters. The van der Waals surface area contributed by atoms with Crippen molar-refractivity contribution in [2.45, 2.75) is 19.8 Å². The summed E-state index contributed by atoms with van der Waals surface area (Å²) in [7, 11) is 5.36. The fraction of sp³-hybridized carbons (Fsp3) is 0.500. The predicted octanol–water partition coefficient (Wildman–Crippen LogP) is 1.28. The highest BCUT2D eigenvalue weighted by Gasteiger charge is 2.09. The number of pyridine rings is 1. The minimum Gasteiger partial charge on any atom is -0.373 e. The van der Waals surface area contributed by atoms with Crippen LogP contribution in [0.3, 0.4) is 0 Å². The maximum atomic E-state index is 11.9. The highest BCUT2D eigenvalue weighted by atomic mass is 16.2. The van der Waals surface area contributed by atoms with Gasteiger partial charge in [0.2, 0.25) is 0 Å². The van der Waals surface area contributed by atoms with E-state index in [0.29, 0.717) is 5.56 Å². The first-order valence-corrected chi connectivity index (χ1v) is 5.73. The molecule has 0 aliphatic heterocycles. The molecule has 0 spiro atoms. The minimum atomic E-state index is -0.119. The monoisotopic (exact) mass is 236 g/mol. The lowest BCUT2D eigenvalue weighted by Crippen LogP contribution is -2.36. The number of amides is 1. The third-order valence-corrected chi connectivity index (χ3v) is 2.23.